The number of anilines is 2. The van der Waals surface area contributed by atoms with Crippen LogP contribution in [0.15, 0.2) is 35.7 Å². The first-order chi connectivity index (χ1) is 9.03. The van der Waals surface area contributed by atoms with E-state index in [9.17, 15) is 8.42 Å². The topological polar surface area (TPSA) is 123 Å². The molecule has 0 spiro atoms. The molecule has 2 aromatic rings. The summed E-state index contributed by atoms with van der Waals surface area (Å²) in [6, 6.07) is 1.22. The smallest absolute Gasteiger partial charge is 0.264 e. The molecule has 100 valence electrons. The molecule has 0 unspecified atom stereocenters. The summed E-state index contributed by atoms with van der Waals surface area (Å²) < 4.78 is 26.3. The number of nitrogens with one attached hydrogen (secondary N) is 2. The van der Waals surface area contributed by atoms with E-state index in [1.165, 1.54) is 24.7 Å². The molecular formula is C9H9ClN6O2S. The molecule has 2 heterocycles. The van der Waals surface area contributed by atoms with Crippen LogP contribution < -0.4 is 16.0 Å². The van der Waals surface area contributed by atoms with Crippen molar-refractivity contribution in [2.75, 3.05) is 10.1 Å². The minimum Gasteiger partial charge on any atom is -0.307 e. The molecule has 0 aliphatic heterocycles. The Morgan fingerprint density at radius 2 is 2.00 bits per heavy atom. The fourth-order valence-electron chi connectivity index (χ4n) is 1.22. The van der Waals surface area contributed by atoms with E-state index < -0.39 is 10.0 Å². The second kappa shape index (κ2) is 5.34. The molecule has 19 heavy (non-hydrogen) atoms. The molecule has 0 atom stereocenters. The lowest BCUT2D eigenvalue weighted by atomic mass is 10.5. The van der Waals surface area contributed by atoms with E-state index in [1.54, 1.807) is 0 Å². The van der Waals surface area contributed by atoms with Gasteiger partial charge in [0.25, 0.3) is 10.0 Å². The number of nitrogens with zero attached hydrogens (tertiary/aromatic N) is 3. The Morgan fingerprint density at radius 1 is 1.21 bits per heavy atom. The van der Waals surface area contributed by atoms with Crippen molar-refractivity contribution in [3.63, 3.8) is 0 Å². The SMILES string of the molecule is NNc1ncc(S(=O)(=O)Nc2cnccn2)cc1Cl. The lowest BCUT2D eigenvalue weighted by Gasteiger charge is -2.08. The molecule has 0 fully saturated rings. The maximum atomic E-state index is 12.0. The summed E-state index contributed by atoms with van der Waals surface area (Å²) in [6.07, 6.45) is 5.20. The predicted octanol–water partition coefficient (Wildman–Crippen LogP) is 0.611. The molecular weight excluding hydrogens is 292 g/mol. The van der Waals surface area contributed by atoms with E-state index in [0.29, 0.717) is 0 Å². The molecule has 2 aromatic heterocycles. The number of halogens is 1. The molecule has 0 bridgehead atoms. The zero-order chi connectivity index (χ0) is 13.9. The summed E-state index contributed by atoms with van der Waals surface area (Å²) in [4.78, 5) is 11.2. The number of nitrogen functional groups attached to an aromatic ring is 1. The number of nitrogens with two attached hydrogens (primary N) is 1. The molecule has 0 aromatic carbocycles. The highest BCUT2D eigenvalue weighted by atomic mass is 35.5. The first-order valence-corrected chi connectivity index (χ1v) is 6.80. The Bertz CT molecular complexity index is 678. The van der Waals surface area contributed by atoms with E-state index in [1.807, 2.05) is 0 Å². The van der Waals surface area contributed by atoms with Gasteiger partial charge in [0, 0.05) is 18.6 Å². The van der Waals surface area contributed by atoms with E-state index in [4.69, 9.17) is 17.4 Å². The number of aromatic nitrogens is 3. The van der Waals surface area contributed by atoms with Crippen molar-refractivity contribution < 1.29 is 8.42 Å². The summed E-state index contributed by atoms with van der Waals surface area (Å²) in [5.74, 6) is 5.43. The monoisotopic (exact) mass is 300 g/mol. The van der Waals surface area contributed by atoms with Crippen LogP contribution in [0, 0.1) is 0 Å². The van der Waals surface area contributed by atoms with Crippen molar-refractivity contribution in [1.82, 2.24) is 15.0 Å². The zero-order valence-electron chi connectivity index (χ0n) is 9.41. The van der Waals surface area contributed by atoms with Gasteiger partial charge in [-0.2, -0.15) is 0 Å². The molecule has 0 amide bonds. The van der Waals surface area contributed by atoms with Crippen LogP contribution in [0.3, 0.4) is 0 Å². The standard InChI is InChI=1S/C9H9ClN6O2S/c10-7-3-6(4-14-9(7)15-11)19(17,18)16-8-5-12-1-2-13-8/h1-5H,11H2,(H,13,16)(H,14,15). The third kappa shape index (κ3) is 3.08. The summed E-state index contributed by atoms with van der Waals surface area (Å²) in [6.45, 7) is 0. The third-order valence-electron chi connectivity index (χ3n) is 2.07. The van der Waals surface area contributed by atoms with Gasteiger partial charge in [0.05, 0.1) is 11.2 Å². The number of hydrogen-bond acceptors (Lipinski definition) is 7. The van der Waals surface area contributed by atoms with Gasteiger partial charge < -0.3 is 5.43 Å². The first kappa shape index (κ1) is 13.5. The van der Waals surface area contributed by atoms with Crippen LogP contribution in [0.2, 0.25) is 5.02 Å². The third-order valence-corrected chi connectivity index (χ3v) is 3.68. The minimum atomic E-state index is -3.83. The van der Waals surface area contributed by atoms with Crippen LogP contribution >= 0.6 is 11.6 Å². The molecule has 0 aliphatic rings. The fourth-order valence-corrected chi connectivity index (χ4v) is 2.47. The molecule has 4 N–H and O–H groups in total. The van der Waals surface area contributed by atoms with Crippen molar-refractivity contribution in [3.8, 4) is 0 Å². The van der Waals surface area contributed by atoms with Gasteiger partial charge >= 0.3 is 0 Å². The maximum Gasteiger partial charge on any atom is 0.264 e. The zero-order valence-corrected chi connectivity index (χ0v) is 11.0. The lowest BCUT2D eigenvalue weighted by molar-refractivity contribution is 0.600. The molecule has 0 radical (unpaired) electrons. The second-order valence-electron chi connectivity index (χ2n) is 3.34. The highest BCUT2D eigenvalue weighted by Gasteiger charge is 2.17. The predicted molar refractivity (Wildman–Crippen MR) is 69.9 cm³/mol. The van der Waals surface area contributed by atoms with E-state index in [2.05, 4.69) is 25.1 Å². The van der Waals surface area contributed by atoms with Gasteiger partial charge in [-0.3, -0.25) is 9.71 Å². The van der Waals surface area contributed by atoms with Crippen LogP contribution in [0.4, 0.5) is 11.6 Å². The maximum absolute atomic E-state index is 12.0. The van der Waals surface area contributed by atoms with Crippen molar-refractivity contribution in [1.29, 1.82) is 0 Å². The van der Waals surface area contributed by atoms with Crippen LogP contribution in [0.5, 0.6) is 0 Å². The Labute approximate surface area is 114 Å². The molecule has 0 saturated heterocycles. The van der Waals surface area contributed by atoms with Gasteiger partial charge in [-0.05, 0) is 6.07 Å². The first-order valence-electron chi connectivity index (χ1n) is 4.94. The number of sulfonamides is 1. The summed E-state index contributed by atoms with van der Waals surface area (Å²) >= 11 is 5.81. The Morgan fingerprint density at radius 3 is 2.58 bits per heavy atom. The summed E-state index contributed by atoms with van der Waals surface area (Å²) in [7, 11) is -3.83. The number of hydrazine groups is 1. The van der Waals surface area contributed by atoms with E-state index >= 15 is 0 Å². The molecule has 8 nitrogen and oxygen atoms in total. The molecule has 0 saturated carbocycles. The number of hydrogen-bond donors (Lipinski definition) is 3. The quantitative estimate of drug-likeness (QED) is 0.558. The highest BCUT2D eigenvalue weighted by Crippen LogP contribution is 2.22. The fraction of sp³-hybridized carbons (Fsp3) is 0. The van der Waals surface area contributed by atoms with Crippen LogP contribution in [0.1, 0.15) is 0 Å². The molecule has 2 rings (SSSR count). The normalized spacial score (nSPS) is 11.1. The Balaban J connectivity index is 2.32. The molecule has 10 heteroatoms. The van der Waals surface area contributed by atoms with Gasteiger partial charge in [0.2, 0.25) is 0 Å². The van der Waals surface area contributed by atoms with Crippen LogP contribution in [0.25, 0.3) is 0 Å². The molecule has 0 aliphatic carbocycles. The summed E-state index contributed by atoms with van der Waals surface area (Å²) in [5.41, 5.74) is 2.24. The average molecular weight is 301 g/mol. The van der Waals surface area contributed by atoms with Crippen molar-refractivity contribution in [2.24, 2.45) is 5.84 Å². The van der Waals surface area contributed by atoms with Crippen LogP contribution in [-0.4, -0.2) is 23.4 Å². The van der Waals surface area contributed by atoms with Crippen molar-refractivity contribution in [3.05, 3.63) is 35.9 Å². The van der Waals surface area contributed by atoms with Crippen molar-refractivity contribution >= 4 is 33.3 Å². The van der Waals surface area contributed by atoms with Crippen LogP contribution in [-0.2, 0) is 10.0 Å². The Hall–Kier alpha value is -1.97. The summed E-state index contributed by atoms with van der Waals surface area (Å²) in [5, 5.41) is 0.0875. The number of rotatable bonds is 4. The average Bonchev–Trinajstić information content (AvgIpc) is 2.39. The van der Waals surface area contributed by atoms with Gasteiger partial charge in [-0.25, -0.2) is 24.2 Å². The number of pyridine rings is 1. The largest absolute Gasteiger partial charge is 0.307 e. The van der Waals surface area contributed by atoms with Gasteiger partial charge in [-0.15, -0.1) is 0 Å². The van der Waals surface area contributed by atoms with Gasteiger partial charge in [-0.1, -0.05) is 11.6 Å². The van der Waals surface area contributed by atoms with Crippen molar-refractivity contribution in [2.45, 2.75) is 4.90 Å². The van der Waals surface area contributed by atoms with E-state index in [-0.39, 0.29) is 21.6 Å². The highest BCUT2D eigenvalue weighted by molar-refractivity contribution is 7.92. The van der Waals surface area contributed by atoms with Gasteiger partial charge in [0.15, 0.2) is 11.6 Å². The van der Waals surface area contributed by atoms with E-state index in [0.717, 1.165) is 6.20 Å². The van der Waals surface area contributed by atoms with Gasteiger partial charge in [0.1, 0.15) is 4.90 Å². The second-order valence-corrected chi connectivity index (χ2v) is 5.43. The minimum absolute atomic E-state index is 0.0875. The lowest BCUT2D eigenvalue weighted by Crippen LogP contribution is -2.15. The Kier molecular flexibility index (Phi) is 3.79.